The van der Waals surface area contributed by atoms with Crippen LogP contribution in [0.3, 0.4) is 0 Å². The number of aliphatic hydroxyl groups excluding tert-OH is 1. The molecule has 1 aliphatic heterocycles. The average molecular weight is 674 g/mol. The van der Waals surface area contributed by atoms with Crippen LogP contribution in [0.2, 0.25) is 0 Å². The van der Waals surface area contributed by atoms with Crippen LogP contribution in [0.5, 0.6) is 0 Å². The number of fused-ring (bicyclic) bond motifs is 5. The number of alkyl halides is 1. The summed E-state index contributed by atoms with van der Waals surface area (Å²) in [6, 6.07) is 0. The molecule has 3 saturated carbocycles. The van der Waals surface area contributed by atoms with Crippen molar-refractivity contribution in [2.24, 2.45) is 33.7 Å². The highest BCUT2D eigenvalue weighted by atomic mass is 32.2. The summed E-state index contributed by atoms with van der Waals surface area (Å²) in [5.41, 5.74) is -1.66. The minimum atomic E-state index is -1.98. The molecule has 1 heterocycles. The first-order valence-electron chi connectivity index (χ1n) is 17.5. The third kappa shape index (κ3) is 5.75. The first kappa shape index (κ1) is 35.9. The first-order chi connectivity index (χ1) is 22.2. The summed E-state index contributed by atoms with van der Waals surface area (Å²) < 4.78 is 17.6. The van der Waals surface area contributed by atoms with E-state index in [2.05, 4.69) is 10.5 Å². The number of thioether (sulfide) groups is 1. The number of nitrogens with zero attached hydrogens (tertiary/aromatic N) is 2. The van der Waals surface area contributed by atoms with E-state index in [0.29, 0.717) is 50.8 Å². The normalized spacial score (nSPS) is 40.3. The van der Waals surface area contributed by atoms with E-state index in [1.54, 1.807) is 30.8 Å². The fraction of sp³-hybridized carbons (Fsp3) is 0.750. The van der Waals surface area contributed by atoms with Crippen molar-refractivity contribution in [3.63, 3.8) is 0 Å². The summed E-state index contributed by atoms with van der Waals surface area (Å²) in [5.74, 6) is -0.931. The molecule has 0 spiro atoms. The lowest BCUT2D eigenvalue weighted by atomic mass is 9.44. The van der Waals surface area contributed by atoms with E-state index in [0.717, 1.165) is 17.7 Å². The van der Waals surface area contributed by atoms with E-state index in [1.807, 2.05) is 33.8 Å². The molecule has 0 aromatic heterocycles. The molecule has 5 aliphatic rings. The second-order valence-electron chi connectivity index (χ2n) is 14.9. The number of allylic oxidation sites excluding steroid dienone is 4. The summed E-state index contributed by atoms with van der Waals surface area (Å²) in [4.78, 5) is 51.7. The van der Waals surface area contributed by atoms with Crippen molar-refractivity contribution in [2.45, 2.75) is 128 Å². The Balaban J connectivity index is 1.16. The Bertz CT molecular complexity index is 1380. The molecular weight excluding hydrogens is 621 g/mol. The topological polar surface area (TPSA) is 136 Å². The van der Waals surface area contributed by atoms with Crippen LogP contribution in [0.25, 0.3) is 0 Å². The van der Waals surface area contributed by atoms with Gasteiger partial charge in [0.15, 0.2) is 11.5 Å². The van der Waals surface area contributed by atoms with Gasteiger partial charge < -0.3 is 10.2 Å². The fourth-order valence-electron chi connectivity index (χ4n) is 9.68. The number of nitrogens with one attached hydrogen (secondary N) is 1. The van der Waals surface area contributed by atoms with Crippen molar-refractivity contribution >= 4 is 41.0 Å². The number of unbranched alkanes of at least 4 members (excludes halogenated alkanes) is 2. The van der Waals surface area contributed by atoms with Crippen LogP contribution in [-0.2, 0) is 19.2 Å². The molecule has 3 amide bonds. The number of hydrazone groups is 1. The highest BCUT2D eigenvalue weighted by molar-refractivity contribution is 8.00. The molecule has 0 aromatic rings. The number of aliphatic hydroxyl groups is 2. The summed E-state index contributed by atoms with van der Waals surface area (Å²) in [6.45, 7) is 9.73. The Morgan fingerprint density at radius 2 is 1.91 bits per heavy atom. The van der Waals surface area contributed by atoms with Crippen LogP contribution in [-0.4, -0.2) is 79.3 Å². The van der Waals surface area contributed by atoms with Gasteiger partial charge in [0.1, 0.15) is 5.60 Å². The molecule has 9 nitrogen and oxygen atoms in total. The summed E-state index contributed by atoms with van der Waals surface area (Å²) in [5, 5.41) is 27.4. The van der Waals surface area contributed by atoms with Crippen LogP contribution in [0.4, 0.5) is 4.39 Å². The smallest absolute Gasteiger partial charge is 0.242 e. The number of Topliss-reactive ketones (excluding diaryl/α,β-unsaturated/α-hetero) is 1. The second-order valence-corrected chi connectivity index (χ2v) is 16.2. The number of rotatable bonds is 12. The highest BCUT2D eigenvalue weighted by Crippen LogP contribution is 2.70. The first-order valence-corrected chi connectivity index (χ1v) is 18.6. The predicted molar refractivity (Wildman–Crippen MR) is 180 cm³/mol. The van der Waals surface area contributed by atoms with Crippen LogP contribution < -0.4 is 5.43 Å². The van der Waals surface area contributed by atoms with E-state index in [9.17, 15) is 29.4 Å². The Labute approximate surface area is 282 Å². The lowest BCUT2D eigenvalue weighted by Gasteiger charge is -2.62. The van der Waals surface area contributed by atoms with Crippen molar-refractivity contribution < 1.29 is 33.8 Å². The molecule has 47 heavy (non-hydrogen) atoms. The second kappa shape index (κ2) is 13.5. The van der Waals surface area contributed by atoms with Crippen molar-refractivity contribution in [3.05, 3.63) is 23.8 Å². The van der Waals surface area contributed by atoms with Crippen molar-refractivity contribution in [1.82, 2.24) is 10.3 Å². The maximum Gasteiger partial charge on any atom is 0.242 e. The molecule has 1 unspecified atom stereocenters. The number of ketones is 1. The Morgan fingerprint density at radius 1 is 1.17 bits per heavy atom. The average Bonchev–Trinajstić information content (AvgIpc) is 3.42. The molecule has 260 valence electrons. The van der Waals surface area contributed by atoms with Gasteiger partial charge in [0.25, 0.3) is 0 Å². The SMILES string of the molecule is CCCSC1CC(=O)N(CCCCCC(=O)NN=C2C=C[C@@]3(C)C(=C2)CC[C@H]2[C@@H]4C[C@@H](C)[C@](O)(C(=O)CC)[C@@]4(C)C[C@H](O)[C@@]23F)C1=O. The third-order valence-electron chi connectivity index (χ3n) is 12.3. The van der Waals surface area contributed by atoms with Gasteiger partial charge in [0.2, 0.25) is 17.7 Å². The van der Waals surface area contributed by atoms with Crippen LogP contribution in [0, 0.1) is 28.6 Å². The lowest BCUT2D eigenvalue weighted by Crippen LogP contribution is -2.69. The number of imide groups is 1. The molecule has 0 radical (unpaired) electrons. The number of amides is 3. The maximum absolute atomic E-state index is 17.6. The van der Waals surface area contributed by atoms with E-state index in [1.165, 1.54) is 4.90 Å². The Kier molecular flexibility index (Phi) is 10.3. The minimum Gasteiger partial charge on any atom is -0.390 e. The van der Waals surface area contributed by atoms with Gasteiger partial charge >= 0.3 is 0 Å². The van der Waals surface area contributed by atoms with Crippen molar-refractivity contribution in [2.75, 3.05) is 12.3 Å². The molecule has 5 rings (SSSR count). The van der Waals surface area contributed by atoms with Gasteiger partial charge in [-0.2, -0.15) is 5.10 Å². The quantitative estimate of drug-likeness (QED) is 0.150. The number of hydrogen-bond acceptors (Lipinski definition) is 8. The summed E-state index contributed by atoms with van der Waals surface area (Å²) >= 11 is 1.54. The number of carbonyl (C=O) groups excluding carboxylic acids is 4. The lowest BCUT2D eigenvalue weighted by molar-refractivity contribution is -0.218. The maximum atomic E-state index is 17.6. The van der Waals surface area contributed by atoms with Gasteiger partial charge in [-0.05, 0) is 81.6 Å². The van der Waals surface area contributed by atoms with Crippen LogP contribution >= 0.6 is 11.8 Å². The van der Waals surface area contributed by atoms with E-state index in [4.69, 9.17) is 0 Å². The zero-order valence-electron chi connectivity index (χ0n) is 28.5. The molecule has 0 aromatic carbocycles. The molecule has 4 aliphatic carbocycles. The van der Waals surface area contributed by atoms with Crippen molar-refractivity contribution in [1.29, 1.82) is 0 Å². The largest absolute Gasteiger partial charge is 0.390 e. The molecule has 4 fully saturated rings. The predicted octanol–water partition coefficient (Wildman–Crippen LogP) is 5.05. The zero-order chi connectivity index (χ0) is 34.4. The van der Waals surface area contributed by atoms with Gasteiger partial charge in [0, 0.05) is 42.6 Å². The molecule has 11 heteroatoms. The van der Waals surface area contributed by atoms with E-state index >= 15 is 4.39 Å². The van der Waals surface area contributed by atoms with Gasteiger partial charge in [-0.3, -0.25) is 24.1 Å². The van der Waals surface area contributed by atoms with Gasteiger partial charge in [0.05, 0.1) is 17.1 Å². The van der Waals surface area contributed by atoms with Gasteiger partial charge in [-0.15, -0.1) is 11.8 Å². The van der Waals surface area contributed by atoms with Crippen molar-refractivity contribution in [3.8, 4) is 0 Å². The molecule has 9 atom stereocenters. The monoisotopic (exact) mass is 673 g/mol. The molecular formula is C36H52FN3O6S. The summed E-state index contributed by atoms with van der Waals surface area (Å²) in [7, 11) is 0. The van der Waals surface area contributed by atoms with Gasteiger partial charge in [-0.25, -0.2) is 9.82 Å². The van der Waals surface area contributed by atoms with Crippen LogP contribution in [0.15, 0.2) is 28.9 Å². The third-order valence-corrected chi connectivity index (χ3v) is 13.7. The van der Waals surface area contributed by atoms with Gasteiger partial charge in [-0.1, -0.05) is 45.8 Å². The van der Waals surface area contributed by atoms with E-state index < -0.39 is 34.1 Å². The Morgan fingerprint density at radius 3 is 2.62 bits per heavy atom. The number of hydrogen-bond donors (Lipinski definition) is 3. The fourth-order valence-corrected chi connectivity index (χ4v) is 10.7. The summed E-state index contributed by atoms with van der Waals surface area (Å²) in [6.07, 6.45) is 9.11. The molecule has 0 bridgehead atoms. The number of carbonyl (C=O) groups is 4. The molecule has 1 saturated heterocycles. The Hall–Kier alpha value is -2.37. The van der Waals surface area contributed by atoms with Crippen LogP contribution in [0.1, 0.15) is 105 Å². The molecule has 3 N–H and O–H groups in total. The standard InChI is InChI=1S/C36H52FN3O6S/c1-6-17-47-27-20-31(44)40(32(27)45)16-10-8-9-11-30(43)39-38-24-14-15-33(4)23(19-24)12-13-25-26-18-22(3)36(46,28(41)7-2)34(26,5)21-29(42)35(25,33)37/h14-15,19,22,25-27,29,42,46H,6-13,16-18,20-21H2,1-5H3,(H,39,43)/t22-,25+,26+,27?,29+,33+,34+,35+,36+/m1/s1. The zero-order valence-corrected chi connectivity index (χ0v) is 29.3. The highest BCUT2D eigenvalue weighted by Gasteiger charge is 2.75. The number of halogens is 1. The van der Waals surface area contributed by atoms with E-state index in [-0.39, 0.29) is 66.3 Å². The number of likely N-dealkylation sites (tertiary alicyclic amines) is 1. The minimum absolute atomic E-state index is 0.00809.